The summed E-state index contributed by atoms with van der Waals surface area (Å²) in [5, 5.41) is 17.4. The van der Waals surface area contributed by atoms with E-state index in [0.29, 0.717) is 10.9 Å². The molecule has 0 amide bonds. The summed E-state index contributed by atoms with van der Waals surface area (Å²) in [5.74, 6) is -0.925. The molecule has 1 heterocycles. The maximum Gasteiger partial charge on any atom is 0.336 e. The molecule has 110 valence electrons. The number of hydrogen-bond acceptors (Lipinski definition) is 2. The predicted molar refractivity (Wildman–Crippen MR) is 85.1 cm³/mol. The summed E-state index contributed by atoms with van der Waals surface area (Å²) < 4.78 is 0. The first-order chi connectivity index (χ1) is 10.7. The number of aromatic carboxylic acids is 1. The average Bonchev–Trinajstić information content (AvgIpc) is 2.98. The second-order valence-electron chi connectivity index (χ2n) is 5.80. The molecular weight excluding hydrogens is 276 g/mol. The van der Waals surface area contributed by atoms with Crippen molar-refractivity contribution in [3.8, 4) is 11.3 Å². The minimum absolute atomic E-state index is 0.291. The lowest BCUT2D eigenvalue weighted by Crippen LogP contribution is -2.02. The van der Waals surface area contributed by atoms with Gasteiger partial charge >= 0.3 is 5.97 Å². The Kier molecular flexibility index (Phi) is 2.96. The first-order valence-electron chi connectivity index (χ1n) is 7.56. The fraction of sp³-hybridized carbons (Fsp3) is 0.222. The Bertz CT molecular complexity index is 880. The molecule has 0 atom stereocenters. The normalized spacial score (nSPS) is 14.0. The molecule has 1 aliphatic carbocycles. The summed E-state index contributed by atoms with van der Waals surface area (Å²) in [6, 6.07) is 11.6. The van der Waals surface area contributed by atoms with E-state index in [0.717, 1.165) is 29.6 Å². The van der Waals surface area contributed by atoms with E-state index in [9.17, 15) is 9.90 Å². The van der Waals surface area contributed by atoms with Crippen molar-refractivity contribution in [3.63, 3.8) is 0 Å². The van der Waals surface area contributed by atoms with Crippen molar-refractivity contribution in [1.29, 1.82) is 0 Å². The molecule has 1 aromatic heterocycles. The Labute approximate surface area is 127 Å². The Hall–Kier alpha value is -2.62. The van der Waals surface area contributed by atoms with Crippen LogP contribution < -0.4 is 0 Å². The maximum absolute atomic E-state index is 11.5. The molecule has 2 N–H and O–H groups in total. The van der Waals surface area contributed by atoms with Crippen LogP contribution in [0.2, 0.25) is 0 Å². The van der Waals surface area contributed by atoms with Crippen molar-refractivity contribution < 1.29 is 9.90 Å². The molecule has 0 saturated carbocycles. The fourth-order valence-electron chi connectivity index (χ4n) is 3.34. The lowest BCUT2D eigenvalue weighted by molar-refractivity contribution is 0.0699. The minimum atomic E-state index is -0.925. The third-order valence-corrected chi connectivity index (χ3v) is 4.44. The number of carbonyl (C=O) groups is 1. The largest absolute Gasteiger partial charge is 0.478 e. The molecule has 3 aromatic rings. The van der Waals surface area contributed by atoms with Crippen molar-refractivity contribution in [2.45, 2.75) is 25.7 Å². The topological polar surface area (TPSA) is 66.0 Å². The molecule has 0 bridgehead atoms. The Balaban J connectivity index is 1.93. The number of carboxylic acids is 1. The number of rotatable bonds is 2. The quantitative estimate of drug-likeness (QED) is 0.755. The van der Waals surface area contributed by atoms with Crippen LogP contribution in [0.5, 0.6) is 0 Å². The molecule has 0 radical (unpaired) electrons. The van der Waals surface area contributed by atoms with E-state index in [1.807, 2.05) is 6.07 Å². The van der Waals surface area contributed by atoms with Gasteiger partial charge in [0.2, 0.25) is 0 Å². The second kappa shape index (κ2) is 4.98. The van der Waals surface area contributed by atoms with E-state index in [2.05, 4.69) is 28.4 Å². The van der Waals surface area contributed by atoms with Crippen molar-refractivity contribution in [3.05, 3.63) is 53.1 Å². The van der Waals surface area contributed by atoms with E-state index >= 15 is 0 Å². The standard InChI is InChI=1S/C18H16N2O2/c21-18(22)14-6-3-7-15-16(14)17(20-19-15)13-9-8-11-4-1-2-5-12(11)10-13/h3,6-10H,1-2,4-5H2,(H,19,20)(H,21,22). The van der Waals surface area contributed by atoms with E-state index in [4.69, 9.17) is 0 Å². The van der Waals surface area contributed by atoms with Gasteiger partial charge in [-0.05, 0) is 55.0 Å². The number of nitrogens with one attached hydrogen (secondary N) is 1. The van der Waals surface area contributed by atoms with Gasteiger partial charge < -0.3 is 5.11 Å². The van der Waals surface area contributed by atoms with E-state index in [1.54, 1.807) is 12.1 Å². The summed E-state index contributed by atoms with van der Waals surface area (Å²) in [6.45, 7) is 0. The fourth-order valence-corrected chi connectivity index (χ4v) is 3.34. The minimum Gasteiger partial charge on any atom is -0.478 e. The van der Waals surface area contributed by atoms with Crippen LogP contribution >= 0.6 is 0 Å². The molecule has 4 heteroatoms. The van der Waals surface area contributed by atoms with E-state index < -0.39 is 5.97 Å². The van der Waals surface area contributed by atoms with Crippen LogP contribution in [0.3, 0.4) is 0 Å². The summed E-state index contributed by atoms with van der Waals surface area (Å²) in [6.07, 6.45) is 4.70. The molecule has 0 aliphatic heterocycles. The van der Waals surface area contributed by atoms with Gasteiger partial charge in [-0.1, -0.05) is 18.2 Å². The van der Waals surface area contributed by atoms with Gasteiger partial charge in [0.25, 0.3) is 0 Å². The first kappa shape index (κ1) is 13.1. The number of aryl methyl sites for hydroxylation is 2. The molecule has 0 fully saturated rings. The van der Waals surface area contributed by atoms with Crippen molar-refractivity contribution in [2.24, 2.45) is 0 Å². The number of hydrogen-bond donors (Lipinski definition) is 2. The number of fused-ring (bicyclic) bond motifs is 2. The molecule has 22 heavy (non-hydrogen) atoms. The molecule has 0 saturated heterocycles. The van der Waals surface area contributed by atoms with Gasteiger partial charge in [-0.15, -0.1) is 0 Å². The van der Waals surface area contributed by atoms with Crippen LogP contribution in [0, 0.1) is 0 Å². The highest BCUT2D eigenvalue weighted by atomic mass is 16.4. The van der Waals surface area contributed by atoms with E-state index in [1.165, 1.54) is 24.0 Å². The van der Waals surface area contributed by atoms with Crippen LogP contribution in [0.4, 0.5) is 0 Å². The SMILES string of the molecule is O=C(O)c1cccc2[nH]nc(-c3ccc4c(c3)CCCC4)c12. The van der Waals surface area contributed by atoms with Gasteiger partial charge in [-0.3, -0.25) is 5.10 Å². The highest BCUT2D eigenvalue weighted by molar-refractivity contribution is 6.08. The summed E-state index contributed by atoms with van der Waals surface area (Å²) in [5.41, 5.74) is 5.54. The summed E-state index contributed by atoms with van der Waals surface area (Å²) in [4.78, 5) is 11.5. The van der Waals surface area contributed by atoms with Crippen LogP contribution in [0.25, 0.3) is 22.2 Å². The Morgan fingerprint density at radius 1 is 1.09 bits per heavy atom. The monoisotopic (exact) mass is 292 g/mol. The first-order valence-corrected chi connectivity index (χ1v) is 7.56. The zero-order valence-corrected chi connectivity index (χ0v) is 12.1. The second-order valence-corrected chi connectivity index (χ2v) is 5.80. The van der Waals surface area contributed by atoms with Gasteiger partial charge in [0.1, 0.15) is 5.69 Å². The zero-order valence-electron chi connectivity index (χ0n) is 12.1. The molecule has 2 aromatic carbocycles. The smallest absolute Gasteiger partial charge is 0.336 e. The number of aromatic amines is 1. The van der Waals surface area contributed by atoms with Gasteiger partial charge in [0.15, 0.2) is 0 Å². The molecule has 4 nitrogen and oxygen atoms in total. The average molecular weight is 292 g/mol. The van der Waals surface area contributed by atoms with Crippen LogP contribution in [0.15, 0.2) is 36.4 Å². The highest BCUT2D eigenvalue weighted by Gasteiger charge is 2.17. The maximum atomic E-state index is 11.5. The predicted octanol–water partition coefficient (Wildman–Crippen LogP) is 3.81. The molecule has 0 spiro atoms. The third kappa shape index (κ3) is 1.99. The molecular formula is C18H16N2O2. The Morgan fingerprint density at radius 3 is 2.73 bits per heavy atom. The van der Waals surface area contributed by atoms with Gasteiger partial charge in [-0.25, -0.2) is 4.79 Å². The number of aromatic nitrogens is 2. The van der Waals surface area contributed by atoms with E-state index in [-0.39, 0.29) is 0 Å². The Morgan fingerprint density at radius 2 is 1.91 bits per heavy atom. The van der Waals surface area contributed by atoms with Crippen molar-refractivity contribution >= 4 is 16.9 Å². The van der Waals surface area contributed by atoms with Crippen LogP contribution in [-0.4, -0.2) is 21.3 Å². The summed E-state index contributed by atoms with van der Waals surface area (Å²) >= 11 is 0. The van der Waals surface area contributed by atoms with Gasteiger partial charge in [0.05, 0.1) is 11.1 Å². The van der Waals surface area contributed by atoms with Crippen molar-refractivity contribution in [1.82, 2.24) is 10.2 Å². The molecule has 4 rings (SSSR count). The van der Waals surface area contributed by atoms with Gasteiger partial charge in [0, 0.05) is 10.9 Å². The third-order valence-electron chi connectivity index (χ3n) is 4.44. The van der Waals surface area contributed by atoms with Crippen molar-refractivity contribution in [2.75, 3.05) is 0 Å². The zero-order chi connectivity index (χ0) is 15.1. The number of H-pyrrole nitrogens is 1. The lowest BCUT2D eigenvalue weighted by Gasteiger charge is -2.16. The molecule has 1 aliphatic rings. The number of nitrogens with zero attached hydrogens (tertiary/aromatic N) is 1. The van der Waals surface area contributed by atoms with Crippen LogP contribution in [-0.2, 0) is 12.8 Å². The molecule has 0 unspecified atom stereocenters. The van der Waals surface area contributed by atoms with Gasteiger partial charge in [-0.2, -0.15) is 5.10 Å². The number of carboxylic acid groups (broad SMARTS) is 1. The summed E-state index contributed by atoms with van der Waals surface area (Å²) in [7, 11) is 0. The lowest BCUT2D eigenvalue weighted by atomic mass is 9.89. The van der Waals surface area contributed by atoms with Crippen LogP contribution in [0.1, 0.15) is 34.3 Å². The highest BCUT2D eigenvalue weighted by Crippen LogP contribution is 2.32. The number of benzene rings is 2.